The first-order valence-corrected chi connectivity index (χ1v) is 6.99. The van der Waals surface area contributed by atoms with Crippen LogP contribution in [0, 0.1) is 5.82 Å². The van der Waals surface area contributed by atoms with E-state index >= 15 is 0 Å². The van der Waals surface area contributed by atoms with Gasteiger partial charge in [0.2, 0.25) is 0 Å². The summed E-state index contributed by atoms with van der Waals surface area (Å²) in [5.41, 5.74) is 7.31. The zero-order valence-electron chi connectivity index (χ0n) is 12.8. The Morgan fingerprint density at radius 3 is 2.48 bits per heavy atom. The minimum absolute atomic E-state index is 0.105. The van der Waals surface area contributed by atoms with Gasteiger partial charge < -0.3 is 25.3 Å². The Balaban J connectivity index is 1.98. The maximum atomic E-state index is 13.9. The highest BCUT2D eigenvalue weighted by Gasteiger charge is 2.15. The summed E-state index contributed by atoms with van der Waals surface area (Å²) in [7, 11) is 3.11. The average Bonchev–Trinajstić information content (AvgIpc) is 2.56. The molecule has 0 bridgehead atoms. The number of hydrogen-bond donors (Lipinski definition) is 1. The van der Waals surface area contributed by atoms with Gasteiger partial charge in [-0.15, -0.1) is 12.2 Å². The smallest absolute Gasteiger partial charge is 0.167 e. The van der Waals surface area contributed by atoms with Gasteiger partial charge in [-0.2, -0.15) is 0 Å². The Morgan fingerprint density at radius 1 is 1.04 bits per heavy atom. The summed E-state index contributed by atoms with van der Waals surface area (Å²) in [6.07, 6.45) is 1.78. The van der Waals surface area contributed by atoms with Crippen molar-refractivity contribution in [1.82, 2.24) is 0 Å². The maximum Gasteiger partial charge on any atom is 0.167 e. The van der Waals surface area contributed by atoms with Crippen LogP contribution in [0.1, 0.15) is 5.56 Å². The number of methoxy groups -OCH3 is 2. The van der Waals surface area contributed by atoms with Crippen LogP contribution in [0.15, 0.2) is 36.4 Å². The molecule has 0 fully saturated rings. The van der Waals surface area contributed by atoms with Crippen molar-refractivity contribution in [2.24, 2.45) is 0 Å². The van der Waals surface area contributed by atoms with E-state index in [4.69, 9.17) is 19.9 Å². The molecule has 2 N–H and O–H groups in total. The largest absolute Gasteiger partial charge is 0.680 e. The van der Waals surface area contributed by atoms with E-state index < -0.39 is 5.82 Å². The molecule has 1 aliphatic heterocycles. The molecule has 0 radical (unpaired) electrons. The average molecular weight is 315 g/mol. The fourth-order valence-electron chi connectivity index (χ4n) is 2.35. The number of rotatable bonds is 4. The number of halogens is 1. The molecule has 1 aliphatic rings. The first-order valence-electron chi connectivity index (χ1n) is 6.99. The molecular weight excluding hydrogens is 299 g/mol. The van der Waals surface area contributed by atoms with Gasteiger partial charge in [0, 0.05) is 17.3 Å². The highest BCUT2D eigenvalue weighted by atomic mass is 19.1. The van der Waals surface area contributed by atoms with Crippen molar-refractivity contribution in [1.29, 1.82) is 0 Å². The highest BCUT2D eigenvalue weighted by molar-refractivity contribution is 5.81. The number of fused-ring (bicyclic) bond motifs is 1. The number of hydrogen-bond acceptors (Lipinski definition) is 4. The van der Waals surface area contributed by atoms with Crippen molar-refractivity contribution in [3.8, 4) is 17.2 Å². The van der Waals surface area contributed by atoms with E-state index in [-0.39, 0.29) is 5.75 Å². The van der Waals surface area contributed by atoms with Gasteiger partial charge in [0.1, 0.15) is 5.76 Å². The van der Waals surface area contributed by atoms with Gasteiger partial charge in [0.05, 0.1) is 14.2 Å². The minimum Gasteiger partial charge on any atom is -0.680 e. The third-order valence-corrected chi connectivity index (χ3v) is 3.48. The minimum atomic E-state index is -0.518. The Labute approximate surface area is 133 Å². The summed E-state index contributed by atoms with van der Waals surface area (Å²) < 4.78 is 30.2. The van der Waals surface area contributed by atoms with Crippen LogP contribution in [-0.4, -0.2) is 20.8 Å². The van der Waals surface area contributed by atoms with Gasteiger partial charge in [0.15, 0.2) is 23.1 Å². The number of ether oxygens (including phenoxy) is 3. The molecule has 3 rings (SSSR count). The molecule has 0 aromatic heterocycles. The lowest BCUT2D eigenvalue weighted by Gasteiger charge is -2.30. The predicted octanol–water partition coefficient (Wildman–Crippen LogP) is 3.86. The molecule has 6 heteroatoms. The number of nitrogens with zero attached hydrogens (tertiary/aromatic N) is 1. The SMILES string of the molecule is COc1cc2c(cc1OC)C(Oc1ccc(N)cc1F)=CC[N-]2. The third-order valence-electron chi connectivity index (χ3n) is 3.48. The predicted molar refractivity (Wildman–Crippen MR) is 86.8 cm³/mol. The van der Waals surface area contributed by atoms with Crippen molar-refractivity contribution in [3.63, 3.8) is 0 Å². The van der Waals surface area contributed by atoms with Crippen molar-refractivity contribution < 1.29 is 18.6 Å². The standard InChI is InChI=1S/C17H16FN2O3/c1-21-16-8-11-13(9-17(16)22-2)20-6-5-14(11)23-15-4-3-10(19)7-12(15)18/h3-5,7-9H,6,19H2,1-2H3/q-1. The molecule has 0 atom stereocenters. The molecule has 0 amide bonds. The quantitative estimate of drug-likeness (QED) is 0.870. The van der Waals surface area contributed by atoms with Crippen LogP contribution in [0.2, 0.25) is 0 Å². The Morgan fingerprint density at radius 2 is 1.78 bits per heavy atom. The topological polar surface area (TPSA) is 67.8 Å². The van der Waals surface area contributed by atoms with E-state index in [1.54, 1.807) is 38.5 Å². The molecule has 5 nitrogen and oxygen atoms in total. The van der Waals surface area contributed by atoms with Crippen molar-refractivity contribution in [2.75, 3.05) is 26.5 Å². The molecular formula is C17H16FN2O3-. The van der Waals surface area contributed by atoms with E-state index in [0.29, 0.717) is 40.7 Å². The summed E-state index contributed by atoms with van der Waals surface area (Å²) in [6.45, 7) is 0.439. The lowest BCUT2D eigenvalue weighted by Crippen LogP contribution is -2.04. The highest BCUT2D eigenvalue weighted by Crippen LogP contribution is 2.42. The van der Waals surface area contributed by atoms with E-state index in [1.165, 1.54) is 12.1 Å². The zero-order valence-corrected chi connectivity index (χ0v) is 12.8. The van der Waals surface area contributed by atoms with Crippen molar-refractivity contribution in [2.45, 2.75) is 0 Å². The second-order valence-electron chi connectivity index (χ2n) is 4.93. The van der Waals surface area contributed by atoms with Gasteiger partial charge in [-0.25, -0.2) is 4.39 Å². The first kappa shape index (κ1) is 15.0. The number of nitrogens with two attached hydrogens (primary N) is 1. The molecule has 0 saturated carbocycles. The molecule has 0 unspecified atom stereocenters. The summed E-state index contributed by atoms with van der Waals surface area (Å²) >= 11 is 0. The zero-order chi connectivity index (χ0) is 16.4. The summed E-state index contributed by atoms with van der Waals surface area (Å²) in [5, 5.41) is 4.40. The molecule has 23 heavy (non-hydrogen) atoms. The lowest BCUT2D eigenvalue weighted by molar-refractivity contribution is 0.355. The normalized spacial score (nSPS) is 12.7. The summed E-state index contributed by atoms with van der Waals surface area (Å²) in [4.78, 5) is 0. The van der Waals surface area contributed by atoms with Crippen LogP contribution >= 0.6 is 0 Å². The molecule has 0 saturated heterocycles. The second kappa shape index (κ2) is 6.08. The number of nitrogen functional groups attached to an aromatic ring is 1. The maximum absolute atomic E-state index is 13.9. The summed E-state index contributed by atoms with van der Waals surface area (Å²) in [6, 6.07) is 7.83. The Hall–Kier alpha value is -2.89. The fraction of sp³-hybridized carbons (Fsp3) is 0.176. The van der Waals surface area contributed by atoms with Crippen LogP contribution in [0.5, 0.6) is 17.2 Å². The van der Waals surface area contributed by atoms with Crippen LogP contribution < -0.4 is 19.9 Å². The molecule has 0 spiro atoms. The Bertz CT molecular complexity index is 775. The van der Waals surface area contributed by atoms with Gasteiger partial charge in [0.25, 0.3) is 0 Å². The molecule has 0 aliphatic carbocycles. The van der Waals surface area contributed by atoms with Crippen LogP contribution in [0.3, 0.4) is 0 Å². The van der Waals surface area contributed by atoms with Crippen molar-refractivity contribution >= 4 is 17.1 Å². The van der Waals surface area contributed by atoms with Crippen LogP contribution in [0.25, 0.3) is 11.1 Å². The van der Waals surface area contributed by atoms with Gasteiger partial charge in [-0.1, -0.05) is 6.08 Å². The van der Waals surface area contributed by atoms with E-state index in [2.05, 4.69) is 5.32 Å². The Kier molecular flexibility index (Phi) is 3.97. The second-order valence-corrected chi connectivity index (χ2v) is 4.93. The monoisotopic (exact) mass is 315 g/mol. The lowest BCUT2D eigenvalue weighted by atomic mass is 10.1. The number of anilines is 1. The van der Waals surface area contributed by atoms with E-state index in [9.17, 15) is 4.39 Å². The van der Waals surface area contributed by atoms with Crippen LogP contribution in [-0.2, 0) is 0 Å². The third kappa shape index (κ3) is 2.88. The first-order chi connectivity index (χ1) is 11.1. The van der Waals surface area contributed by atoms with Gasteiger partial charge in [-0.05, 0) is 24.3 Å². The van der Waals surface area contributed by atoms with Gasteiger partial charge in [-0.3, -0.25) is 0 Å². The van der Waals surface area contributed by atoms with Gasteiger partial charge >= 0.3 is 0 Å². The fourth-order valence-corrected chi connectivity index (χ4v) is 2.35. The van der Waals surface area contributed by atoms with E-state index in [1.807, 2.05) is 0 Å². The number of benzene rings is 2. The van der Waals surface area contributed by atoms with Crippen molar-refractivity contribution in [3.05, 3.63) is 53.1 Å². The molecule has 2 aromatic carbocycles. The summed E-state index contributed by atoms with van der Waals surface area (Å²) in [5.74, 6) is 1.23. The molecule has 120 valence electrons. The van der Waals surface area contributed by atoms with E-state index in [0.717, 1.165) is 0 Å². The van der Waals surface area contributed by atoms with Crippen LogP contribution in [0.4, 0.5) is 15.8 Å². The molecule has 2 aromatic rings. The molecule has 1 heterocycles.